The normalized spacial score (nSPS) is 10.4. The summed E-state index contributed by atoms with van der Waals surface area (Å²) in [6.45, 7) is 5.14. The fourth-order valence-electron chi connectivity index (χ4n) is 1.25. The molecular formula is C13H17NO2. The Hall–Kier alpha value is -1.77. The van der Waals surface area contributed by atoms with Gasteiger partial charge >= 0.3 is 0 Å². The van der Waals surface area contributed by atoms with E-state index in [2.05, 4.69) is 5.32 Å². The van der Waals surface area contributed by atoms with Gasteiger partial charge in [0.1, 0.15) is 5.75 Å². The van der Waals surface area contributed by atoms with Crippen LogP contribution in [-0.4, -0.2) is 19.1 Å². The third kappa shape index (κ3) is 4.17. The van der Waals surface area contributed by atoms with Crippen molar-refractivity contribution in [3.05, 3.63) is 35.9 Å². The van der Waals surface area contributed by atoms with Gasteiger partial charge < -0.3 is 10.1 Å². The quantitative estimate of drug-likeness (QED) is 0.771. The summed E-state index contributed by atoms with van der Waals surface area (Å²) in [6.07, 6.45) is 3.31. The number of ether oxygens (including phenoxy) is 1. The van der Waals surface area contributed by atoms with Crippen LogP contribution in [0.25, 0.3) is 6.08 Å². The highest BCUT2D eigenvalue weighted by molar-refractivity contribution is 5.91. The second-order valence-electron chi connectivity index (χ2n) is 3.23. The predicted molar refractivity (Wildman–Crippen MR) is 65.3 cm³/mol. The van der Waals surface area contributed by atoms with Crippen molar-refractivity contribution in [3.8, 4) is 5.75 Å². The molecular weight excluding hydrogens is 202 g/mol. The second-order valence-corrected chi connectivity index (χ2v) is 3.23. The van der Waals surface area contributed by atoms with Crippen LogP contribution in [0.5, 0.6) is 5.75 Å². The summed E-state index contributed by atoms with van der Waals surface area (Å²) in [5.74, 6) is 0.772. The first-order valence-corrected chi connectivity index (χ1v) is 5.45. The molecule has 16 heavy (non-hydrogen) atoms. The Balaban J connectivity index is 2.57. The van der Waals surface area contributed by atoms with Crippen LogP contribution < -0.4 is 10.1 Å². The molecule has 1 N–H and O–H groups in total. The van der Waals surface area contributed by atoms with E-state index in [-0.39, 0.29) is 5.91 Å². The molecule has 1 rings (SSSR count). The van der Waals surface area contributed by atoms with Gasteiger partial charge in [-0.25, -0.2) is 0 Å². The molecule has 0 aromatic heterocycles. The van der Waals surface area contributed by atoms with E-state index in [4.69, 9.17) is 4.74 Å². The number of benzene rings is 1. The number of carbonyl (C=O) groups is 1. The minimum absolute atomic E-state index is 0.0728. The molecule has 1 aromatic carbocycles. The molecule has 86 valence electrons. The van der Waals surface area contributed by atoms with Gasteiger partial charge in [0.2, 0.25) is 5.91 Å². The zero-order valence-electron chi connectivity index (χ0n) is 9.69. The summed E-state index contributed by atoms with van der Waals surface area (Å²) in [5.41, 5.74) is 0.981. The monoisotopic (exact) mass is 219 g/mol. The summed E-state index contributed by atoms with van der Waals surface area (Å²) >= 11 is 0. The first-order chi connectivity index (χ1) is 7.76. The van der Waals surface area contributed by atoms with Crippen LogP contribution in [0.15, 0.2) is 30.3 Å². The van der Waals surface area contributed by atoms with E-state index in [1.165, 1.54) is 6.08 Å². The summed E-state index contributed by atoms with van der Waals surface area (Å²) in [5, 5.41) is 2.70. The van der Waals surface area contributed by atoms with Gasteiger partial charge in [-0.15, -0.1) is 0 Å². The molecule has 0 fully saturated rings. The third-order valence-electron chi connectivity index (χ3n) is 1.97. The molecule has 3 heteroatoms. The van der Waals surface area contributed by atoms with E-state index >= 15 is 0 Å². The van der Waals surface area contributed by atoms with E-state index in [1.807, 2.05) is 38.1 Å². The van der Waals surface area contributed by atoms with Crippen molar-refractivity contribution in [3.63, 3.8) is 0 Å². The Kier molecular flexibility index (Phi) is 5.12. The highest BCUT2D eigenvalue weighted by Gasteiger charge is 1.93. The van der Waals surface area contributed by atoms with E-state index in [1.54, 1.807) is 6.08 Å². The largest absolute Gasteiger partial charge is 0.494 e. The number of rotatable bonds is 5. The van der Waals surface area contributed by atoms with Crippen molar-refractivity contribution in [2.75, 3.05) is 13.2 Å². The molecule has 1 aromatic rings. The maximum atomic E-state index is 11.2. The predicted octanol–water partition coefficient (Wildman–Crippen LogP) is 2.23. The molecule has 0 spiro atoms. The number of amides is 1. The van der Waals surface area contributed by atoms with Gasteiger partial charge in [-0.2, -0.15) is 0 Å². The van der Waals surface area contributed by atoms with Gasteiger partial charge in [0.15, 0.2) is 0 Å². The van der Waals surface area contributed by atoms with Crippen molar-refractivity contribution in [1.82, 2.24) is 5.32 Å². The van der Waals surface area contributed by atoms with E-state index < -0.39 is 0 Å². The van der Waals surface area contributed by atoms with Gasteiger partial charge in [-0.1, -0.05) is 12.1 Å². The molecule has 0 radical (unpaired) electrons. The number of nitrogens with one attached hydrogen (secondary N) is 1. The third-order valence-corrected chi connectivity index (χ3v) is 1.97. The van der Waals surface area contributed by atoms with Crippen LogP contribution in [0.3, 0.4) is 0 Å². The van der Waals surface area contributed by atoms with Gasteiger partial charge in [0.25, 0.3) is 0 Å². The Labute approximate surface area is 96.1 Å². The van der Waals surface area contributed by atoms with Crippen molar-refractivity contribution < 1.29 is 9.53 Å². The molecule has 0 aliphatic carbocycles. The topological polar surface area (TPSA) is 38.3 Å². The Morgan fingerprint density at radius 3 is 2.56 bits per heavy atom. The van der Waals surface area contributed by atoms with Crippen LogP contribution >= 0.6 is 0 Å². The highest BCUT2D eigenvalue weighted by Crippen LogP contribution is 2.12. The molecule has 0 unspecified atom stereocenters. The number of hydrogen-bond acceptors (Lipinski definition) is 2. The minimum Gasteiger partial charge on any atom is -0.494 e. The lowest BCUT2D eigenvalue weighted by atomic mass is 10.2. The standard InChI is InChI=1S/C13H17NO2/c1-3-14-13(15)10-7-11-5-8-12(9-6-11)16-4-2/h5-10H,3-4H2,1-2H3,(H,14,15)/b10-7+. The molecule has 3 nitrogen and oxygen atoms in total. The van der Waals surface area contributed by atoms with Gasteiger partial charge in [-0.05, 0) is 37.6 Å². The summed E-state index contributed by atoms with van der Waals surface area (Å²) < 4.78 is 5.32. The Morgan fingerprint density at radius 2 is 2.00 bits per heavy atom. The average molecular weight is 219 g/mol. The zero-order valence-corrected chi connectivity index (χ0v) is 9.69. The summed E-state index contributed by atoms with van der Waals surface area (Å²) in [7, 11) is 0. The molecule has 0 aliphatic rings. The smallest absolute Gasteiger partial charge is 0.243 e. The fourth-order valence-corrected chi connectivity index (χ4v) is 1.25. The number of hydrogen-bond donors (Lipinski definition) is 1. The molecule has 0 heterocycles. The molecule has 0 aliphatic heterocycles. The molecule has 0 saturated carbocycles. The lowest BCUT2D eigenvalue weighted by molar-refractivity contribution is -0.116. The molecule has 1 amide bonds. The SMILES string of the molecule is CCNC(=O)/C=C/c1ccc(OCC)cc1. The van der Waals surface area contributed by atoms with Crippen LogP contribution in [-0.2, 0) is 4.79 Å². The number of carbonyl (C=O) groups excluding carboxylic acids is 1. The van der Waals surface area contributed by atoms with Crippen molar-refractivity contribution in [2.45, 2.75) is 13.8 Å². The van der Waals surface area contributed by atoms with Crippen LogP contribution in [0.1, 0.15) is 19.4 Å². The molecule has 0 saturated heterocycles. The lowest BCUT2D eigenvalue weighted by Crippen LogP contribution is -2.19. The van der Waals surface area contributed by atoms with E-state index in [0.717, 1.165) is 11.3 Å². The van der Waals surface area contributed by atoms with Crippen molar-refractivity contribution in [1.29, 1.82) is 0 Å². The fraction of sp³-hybridized carbons (Fsp3) is 0.308. The van der Waals surface area contributed by atoms with E-state index in [0.29, 0.717) is 13.2 Å². The van der Waals surface area contributed by atoms with Gasteiger partial charge in [0.05, 0.1) is 6.61 Å². The highest BCUT2D eigenvalue weighted by atomic mass is 16.5. The van der Waals surface area contributed by atoms with Crippen LogP contribution in [0.4, 0.5) is 0 Å². The van der Waals surface area contributed by atoms with Gasteiger partial charge in [-0.3, -0.25) is 4.79 Å². The first-order valence-electron chi connectivity index (χ1n) is 5.45. The minimum atomic E-state index is -0.0728. The maximum Gasteiger partial charge on any atom is 0.243 e. The maximum absolute atomic E-state index is 11.2. The van der Waals surface area contributed by atoms with Crippen molar-refractivity contribution >= 4 is 12.0 Å². The lowest BCUT2D eigenvalue weighted by Gasteiger charge is -2.02. The van der Waals surface area contributed by atoms with Gasteiger partial charge in [0, 0.05) is 12.6 Å². The summed E-state index contributed by atoms with van der Waals surface area (Å²) in [6, 6.07) is 7.61. The average Bonchev–Trinajstić information content (AvgIpc) is 2.29. The molecule has 0 bridgehead atoms. The number of likely N-dealkylation sites (N-methyl/N-ethyl adjacent to an activating group) is 1. The summed E-state index contributed by atoms with van der Waals surface area (Å²) in [4.78, 5) is 11.2. The zero-order chi connectivity index (χ0) is 11.8. The van der Waals surface area contributed by atoms with Crippen LogP contribution in [0.2, 0.25) is 0 Å². The second kappa shape index (κ2) is 6.67. The molecule has 0 atom stereocenters. The Morgan fingerprint density at radius 1 is 1.31 bits per heavy atom. The van der Waals surface area contributed by atoms with E-state index in [9.17, 15) is 4.79 Å². The van der Waals surface area contributed by atoms with Crippen molar-refractivity contribution in [2.24, 2.45) is 0 Å². The van der Waals surface area contributed by atoms with Crippen LogP contribution in [0, 0.1) is 0 Å². The Bertz CT molecular complexity index is 355. The first kappa shape index (κ1) is 12.3.